The predicted molar refractivity (Wildman–Crippen MR) is 95.5 cm³/mol. The van der Waals surface area contributed by atoms with Crippen molar-refractivity contribution in [3.8, 4) is 0 Å². The van der Waals surface area contributed by atoms with Crippen molar-refractivity contribution in [2.45, 2.75) is 0 Å². The molecule has 4 heteroatoms. The third-order valence-corrected chi connectivity index (χ3v) is 3.96. The minimum atomic E-state index is 0.765. The first-order valence-electron chi connectivity index (χ1n) is 7.46. The first-order chi connectivity index (χ1) is 11.2. The summed E-state index contributed by atoms with van der Waals surface area (Å²) < 4.78 is 2.07. The van der Waals surface area contributed by atoms with Gasteiger partial charge in [-0.05, 0) is 30.4 Å². The van der Waals surface area contributed by atoms with Crippen molar-refractivity contribution in [2.75, 3.05) is 0 Å². The van der Waals surface area contributed by atoms with E-state index in [0.717, 1.165) is 39.6 Å². The molecule has 1 aliphatic rings. The van der Waals surface area contributed by atoms with Crippen molar-refractivity contribution in [1.29, 1.82) is 0 Å². The van der Waals surface area contributed by atoms with Crippen molar-refractivity contribution in [3.05, 3.63) is 72.6 Å². The molecule has 4 nitrogen and oxygen atoms in total. The molecule has 0 bridgehead atoms. The molecular weight excluding hydrogens is 284 g/mol. The van der Waals surface area contributed by atoms with Crippen LogP contribution in [-0.2, 0) is 7.05 Å². The zero-order valence-corrected chi connectivity index (χ0v) is 12.8. The number of nitrogens with zero attached hydrogens (tertiary/aromatic N) is 3. The van der Waals surface area contributed by atoms with Crippen LogP contribution in [0.15, 0.2) is 66.2 Å². The van der Waals surface area contributed by atoms with Crippen LogP contribution in [0.25, 0.3) is 22.8 Å². The molecule has 0 saturated heterocycles. The van der Waals surface area contributed by atoms with E-state index in [0.29, 0.717) is 0 Å². The molecule has 0 fully saturated rings. The Bertz CT molecular complexity index is 976. The van der Waals surface area contributed by atoms with Crippen LogP contribution in [0.2, 0.25) is 0 Å². The Labute approximate surface area is 134 Å². The molecule has 0 spiro atoms. The Morgan fingerprint density at radius 3 is 2.70 bits per heavy atom. The maximum absolute atomic E-state index is 4.63. The number of imidazole rings is 1. The summed E-state index contributed by atoms with van der Waals surface area (Å²) in [6.07, 6.45) is 3.90. The summed E-state index contributed by atoms with van der Waals surface area (Å²) >= 11 is 0. The molecule has 4 rings (SSSR count). The van der Waals surface area contributed by atoms with Gasteiger partial charge in [0, 0.05) is 18.3 Å². The molecule has 1 aromatic heterocycles. The topological polar surface area (TPSA) is 42.2 Å². The maximum atomic E-state index is 4.63. The van der Waals surface area contributed by atoms with Crippen molar-refractivity contribution < 1.29 is 0 Å². The zero-order valence-electron chi connectivity index (χ0n) is 12.8. The first kappa shape index (κ1) is 13.5. The first-order valence-corrected chi connectivity index (χ1v) is 7.46. The van der Waals surface area contributed by atoms with Gasteiger partial charge >= 0.3 is 0 Å². The summed E-state index contributed by atoms with van der Waals surface area (Å²) in [5.41, 5.74) is 4.93. The van der Waals surface area contributed by atoms with Gasteiger partial charge < -0.3 is 9.88 Å². The fraction of sp³-hybridized carbons (Fsp3) is 0.0526. The van der Waals surface area contributed by atoms with Gasteiger partial charge in [-0.25, -0.2) is 9.98 Å². The highest BCUT2D eigenvalue weighted by molar-refractivity contribution is 6.05. The van der Waals surface area contributed by atoms with Gasteiger partial charge in [-0.3, -0.25) is 0 Å². The molecule has 0 amide bonds. The number of hydrogen-bond acceptors (Lipinski definition) is 3. The molecule has 3 aromatic rings. The highest BCUT2D eigenvalue weighted by Crippen LogP contribution is 2.27. The average Bonchev–Trinajstić information content (AvgIpc) is 2.90. The highest BCUT2D eigenvalue weighted by atomic mass is 15.1. The normalized spacial score (nSPS) is 14.0. The minimum Gasteiger partial charge on any atom is -0.340 e. The van der Waals surface area contributed by atoms with Gasteiger partial charge in [0.1, 0.15) is 11.7 Å². The molecule has 112 valence electrons. The number of hydrogen-bond donors (Lipinski definition) is 1. The number of aryl methyl sites for hydroxylation is 1. The largest absolute Gasteiger partial charge is 0.340 e. The smallest absolute Gasteiger partial charge is 0.133 e. The number of benzene rings is 2. The predicted octanol–water partition coefficient (Wildman–Crippen LogP) is 3.89. The fourth-order valence-corrected chi connectivity index (χ4v) is 2.75. The van der Waals surface area contributed by atoms with Crippen molar-refractivity contribution >= 4 is 34.3 Å². The standard InChI is InChI=1S/C19H16N4/c1-13-14-7-3-4-8-15(14)21-18(20-13)11-12-19-22-16-9-5-6-10-17(16)23(19)2/h3-12H,1H2,2H3,(H,20,21)/b12-11+. The number of amidine groups is 1. The Kier molecular flexibility index (Phi) is 3.08. The van der Waals surface area contributed by atoms with Gasteiger partial charge in [-0.15, -0.1) is 0 Å². The molecular formula is C19H16N4. The molecule has 23 heavy (non-hydrogen) atoms. The van der Waals surface area contributed by atoms with Crippen molar-refractivity contribution in [2.24, 2.45) is 12.0 Å². The number of nitrogens with one attached hydrogen (secondary N) is 1. The lowest BCUT2D eigenvalue weighted by atomic mass is 10.1. The number of aromatic nitrogens is 2. The monoisotopic (exact) mass is 300 g/mol. The van der Waals surface area contributed by atoms with E-state index in [2.05, 4.69) is 32.5 Å². The quantitative estimate of drug-likeness (QED) is 0.780. The lowest BCUT2D eigenvalue weighted by Gasteiger charge is -2.17. The van der Waals surface area contributed by atoms with Crippen LogP contribution in [0.5, 0.6) is 0 Å². The Balaban J connectivity index is 1.70. The van der Waals surface area contributed by atoms with Crippen molar-refractivity contribution in [1.82, 2.24) is 14.9 Å². The van der Waals surface area contributed by atoms with Crippen molar-refractivity contribution in [3.63, 3.8) is 0 Å². The third-order valence-electron chi connectivity index (χ3n) is 3.96. The number of para-hydroxylation sites is 3. The summed E-state index contributed by atoms with van der Waals surface area (Å²) in [6, 6.07) is 16.1. The SMILES string of the molecule is C=C1NC(/C=C/c2nc3ccccc3n2C)=Nc2ccccc21. The number of fused-ring (bicyclic) bond motifs is 2. The van der Waals surface area contributed by atoms with E-state index in [1.54, 1.807) is 0 Å². The van der Waals surface area contributed by atoms with Crippen LogP contribution < -0.4 is 5.32 Å². The second-order valence-corrected chi connectivity index (χ2v) is 5.47. The summed E-state index contributed by atoms with van der Waals surface area (Å²) in [5.74, 6) is 1.65. The van der Waals surface area contributed by atoms with Crippen LogP contribution in [0, 0.1) is 0 Å². The second-order valence-electron chi connectivity index (χ2n) is 5.47. The highest BCUT2D eigenvalue weighted by Gasteiger charge is 2.12. The molecule has 0 radical (unpaired) electrons. The molecule has 0 saturated carbocycles. The second kappa shape index (κ2) is 5.25. The van der Waals surface area contributed by atoms with E-state index in [9.17, 15) is 0 Å². The summed E-state index contributed by atoms with van der Waals surface area (Å²) in [6.45, 7) is 4.07. The minimum absolute atomic E-state index is 0.765. The molecule has 2 aromatic carbocycles. The van der Waals surface area contributed by atoms with Crippen LogP contribution >= 0.6 is 0 Å². The lowest BCUT2D eigenvalue weighted by molar-refractivity contribution is 0.930. The van der Waals surface area contributed by atoms with Crippen LogP contribution in [0.3, 0.4) is 0 Å². The van der Waals surface area contributed by atoms with E-state index >= 15 is 0 Å². The van der Waals surface area contributed by atoms with E-state index in [1.165, 1.54) is 0 Å². The van der Waals surface area contributed by atoms with Gasteiger partial charge in [-0.1, -0.05) is 36.9 Å². The summed E-state index contributed by atoms with van der Waals surface area (Å²) in [4.78, 5) is 9.25. The van der Waals surface area contributed by atoms with Gasteiger partial charge in [0.05, 0.1) is 16.7 Å². The molecule has 0 atom stereocenters. The van der Waals surface area contributed by atoms with Crippen LogP contribution in [-0.4, -0.2) is 15.4 Å². The Morgan fingerprint density at radius 2 is 1.83 bits per heavy atom. The van der Waals surface area contributed by atoms with Gasteiger partial charge in [0.2, 0.25) is 0 Å². The summed E-state index contributed by atoms with van der Waals surface area (Å²) in [7, 11) is 2.01. The van der Waals surface area contributed by atoms with E-state index < -0.39 is 0 Å². The summed E-state index contributed by atoms with van der Waals surface area (Å²) in [5, 5.41) is 3.23. The molecule has 2 heterocycles. The van der Waals surface area contributed by atoms with Gasteiger partial charge in [0.25, 0.3) is 0 Å². The maximum Gasteiger partial charge on any atom is 0.133 e. The molecule has 0 unspecified atom stereocenters. The van der Waals surface area contributed by atoms with Crippen LogP contribution in [0.4, 0.5) is 5.69 Å². The molecule has 0 aliphatic carbocycles. The van der Waals surface area contributed by atoms with Gasteiger partial charge in [-0.2, -0.15) is 0 Å². The Hall–Kier alpha value is -3.14. The molecule has 1 N–H and O–H groups in total. The number of aliphatic imine (C=N–C) groups is 1. The molecule has 1 aliphatic heterocycles. The fourth-order valence-electron chi connectivity index (χ4n) is 2.75. The zero-order chi connectivity index (χ0) is 15.8. The van der Waals surface area contributed by atoms with E-state index in [4.69, 9.17) is 0 Å². The number of rotatable bonds is 2. The lowest BCUT2D eigenvalue weighted by Crippen LogP contribution is -2.22. The van der Waals surface area contributed by atoms with E-state index in [-0.39, 0.29) is 0 Å². The van der Waals surface area contributed by atoms with Crippen LogP contribution in [0.1, 0.15) is 11.4 Å². The van der Waals surface area contributed by atoms with E-state index in [1.807, 2.05) is 61.7 Å². The third kappa shape index (κ3) is 2.34. The Morgan fingerprint density at radius 1 is 1.04 bits per heavy atom. The van der Waals surface area contributed by atoms with Gasteiger partial charge in [0.15, 0.2) is 0 Å². The average molecular weight is 300 g/mol.